The average molecular weight is 373 g/mol. The number of anilines is 1. The van der Waals surface area contributed by atoms with E-state index in [1.165, 1.54) is 11.3 Å². The second-order valence-electron chi connectivity index (χ2n) is 6.02. The van der Waals surface area contributed by atoms with Crippen LogP contribution in [0.4, 0.5) is 5.69 Å². The lowest BCUT2D eigenvalue weighted by molar-refractivity contribution is 0.0746. The van der Waals surface area contributed by atoms with Crippen LogP contribution in [-0.2, 0) is 0 Å². The molecule has 3 rings (SSSR count). The fraction of sp³-hybridized carbons (Fsp3) is 0.316. The van der Waals surface area contributed by atoms with E-state index in [4.69, 9.17) is 0 Å². The lowest BCUT2D eigenvalue weighted by atomic mass is 10.1. The van der Waals surface area contributed by atoms with Gasteiger partial charge in [0.2, 0.25) is 0 Å². The predicted molar refractivity (Wildman–Crippen MR) is 98.2 cm³/mol. The monoisotopic (exact) mass is 372 g/mol. The van der Waals surface area contributed by atoms with Crippen molar-refractivity contribution in [3.8, 4) is 0 Å². The third kappa shape index (κ3) is 3.42. The highest BCUT2D eigenvalue weighted by molar-refractivity contribution is 9.10. The molecule has 0 unspecified atom stereocenters. The molecule has 2 aromatic rings. The molecule has 0 spiro atoms. The Hall–Kier alpha value is -1.81. The van der Waals surface area contributed by atoms with Crippen LogP contribution in [0, 0.1) is 13.8 Å². The van der Waals surface area contributed by atoms with E-state index >= 15 is 0 Å². The smallest absolute Gasteiger partial charge is 0.254 e. The summed E-state index contributed by atoms with van der Waals surface area (Å²) in [6.45, 7) is 7.42. The Kier molecular flexibility index (Phi) is 4.71. The van der Waals surface area contributed by atoms with E-state index in [0.29, 0.717) is 0 Å². The van der Waals surface area contributed by atoms with E-state index in [-0.39, 0.29) is 5.91 Å². The van der Waals surface area contributed by atoms with Crippen molar-refractivity contribution in [3.05, 3.63) is 63.6 Å². The van der Waals surface area contributed by atoms with Gasteiger partial charge in [-0.25, -0.2) is 0 Å². The number of benzene rings is 2. The van der Waals surface area contributed by atoms with Gasteiger partial charge in [0.15, 0.2) is 0 Å². The molecule has 0 aromatic heterocycles. The molecule has 0 aliphatic carbocycles. The summed E-state index contributed by atoms with van der Waals surface area (Å²) in [7, 11) is 0. The molecule has 3 nitrogen and oxygen atoms in total. The van der Waals surface area contributed by atoms with Crippen LogP contribution in [-0.4, -0.2) is 37.0 Å². The molecule has 0 saturated carbocycles. The molecule has 1 aliphatic heterocycles. The van der Waals surface area contributed by atoms with E-state index in [1.807, 2.05) is 30.0 Å². The molecule has 2 aromatic carbocycles. The number of piperazine rings is 1. The molecule has 0 N–H and O–H groups in total. The van der Waals surface area contributed by atoms with E-state index in [9.17, 15) is 4.79 Å². The highest BCUT2D eigenvalue weighted by Crippen LogP contribution is 2.22. The minimum absolute atomic E-state index is 0.138. The minimum Gasteiger partial charge on any atom is -0.368 e. The van der Waals surface area contributed by atoms with E-state index in [1.54, 1.807) is 0 Å². The number of hydrogen-bond donors (Lipinski definition) is 0. The molecule has 1 heterocycles. The quantitative estimate of drug-likeness (QED) is 0.794. The van der Waals surface area contributed by atoms with Crippen molar-refractivity contribution in [1.29, 1.82) is 0 Å². The summed E-state index contributed by atoms with van der Waals surface area (Å²) in [5.74, 6) is 0.138. The maximum Gasteiger partial charge on any atom is 0.254 e. The van der Waals surface area contributed by atoms with Crippen molar-refractivity contribution in [2.75, 3.05) is 31.1 Å². The second kappa shape index (κ2) is 6.75. The average Bonchev–Trinajstić information content (AvgIpc) is 2.55. The van der Waals surface area contributed by atoms with Crippen LogP contribution in [0.5, 0.6) is 0 Å². The van der Waals surface area contributed by atoms with Gasteiger partial charge in [0, 0.05) is 41.9 Å². The summed E-state index contributed by atoms with van der Waals surface area (Å²) < 4.78 is 1.01. The number of carbonyl (C=O) groups excluding carboxylic acids is 1. The Morgan fingerprint density at radius 3 is 2.30 bits per heavy atom. The number of halogens is 1. The van der Waals surface area contributed by atoms with E-state index in [2.05, 4.69) is 52.0 Å². The van der Waals surface area contributed by atoms with Gasteiger partial charge in [0.25, 0.3) is 5.91 Å². The van der Waals surface area contributed by atoms with Gasteiger partial charge in [-0.15, -0.1) is 0 Å². The summed E-state index contributed by atoms with van der Waals surface area (Å²) in [6.07, 6.45) is 0. The van der Waals surface area contributed by atoms with Gasteiger partial charge in [0.05, 0.1) is 0 Å². The maximum atomic E-state index is 12.7. The highest BCUT2D eigenvalue weighted by Gasteiger charge is 2.23. The maximum absolute atomic E-state index is 12.7. The van der Waals surface area contributed by atoms with Crippen LogP contribution in [0.2, 0.25) is 0 Å². The van der Waals surface area contributed by atoms with Crippen LogP contribution >= 0.6 is 15.9 Å². The topological polar surface area (TPSA) is 23.6 Å². The molecule has 1 aliphatic rings. The van der Waals surface area contributed by atoms with Gasteiger partial charge in [-0.05, 0) is 49.2 Å². The van der Waals surface area contributed by atoms with Crippen LogP contribution < -0.4 is 4.90 Å². The lowest BCUT2D eigenvalue weighted by Crippen LogP contribution is -2.49. The third-order valence-corrected chi connectivity index (χ3v) is 4.94. The Labute approximate surface area is 146 Å². The van der Waals surface area contributed by atoms with Crippen LogP contribution in [0.25, 0.3) is 0 Å². The fourth-order valence-corrected chi connectivity index (χ4v) is 3.58. The van der Waals surface area contributed by atoms with Crippen molar-refractivity contribution in [1.82, 2.24) is 4.90 Å². The molecule has 4 heteroatoms. The molecular formula is C19H21BrN2O. The molecule has 120 valence electrons. The number of amides is 1. The number of hydrogen-bond acceptors (Lipinski definition) is 2. The first-order chi connectivity index (χ1) is 11.1. The van der Waals surface area contributed by atoms with Gasteiger partial charge in [-0.3, -0.25) is 4.79 Å². The van der Waals surface area contributed by atoms with Gasteiger partial charge in [-0.2, -0.15) is 0 Å². The summed E-state index contributed by atoms with van der Waals surface area (Å²) >= 11 is 3.45. The first-order valence-corrected chi connectivity index (χ1v) is 8.71. The predicted octanol–water partition coefficient (Wildman–Crippen LogP) is 4.03. The Morgan fingerprint density at radius 1 is 0.957 bits per heavy atom. The minimum atomic E-state index is 0.138. The normalized spacial score (nSPS) is 14.9. The summed E-state index contributed by atoms with van der Waals surface area (Å²) in [6, 6.07) is 14.3. The molecule has 1 amide bonds. The van der Waals surface area contributed by atoms with Gasteiger partial charge in [-0.1, -0.05) is 34.1 Å². The zero-order valence-electron chi connectivity index (χ0n) is 13.6. The molecule has 1 saturated heterocycles. The first-order valence-electron chi connectivity index (χ1n) is 7.92. The SMILES string of the molecule is Cc1cc(Br)ccc1C(=O)N1CCN(c2ccccc2C)CC1. The number of aryl methyl sites for hydroxylation is 2. The summed E-state index contributed by atoms with van der Waals surface area (Å²) in [5.41, 5.74) is 4.39. The second-order valence-corrected chi connectivity index (χ2v) is 6.94. The molecular weight excluding hydrogens is 352 g/mol. The molecule has 0 bridgehead atoms. The summed E-state index contributed by atoms with van der Waals surface area (Å²) in [4.78, 5) is 17.1. The van der Waals surface area contributed by atoms with Gasteiger partial charge < -0.3 is 9.80 Å². The number of nitrogens with zero attached hydrogens (tertiary/aromatic N) is 2. The van der Waals surface area contributed by atoms with E-state index < -0.39 is 0 Å². The summed E-state index contributed by atoms with van der Waals surface area (Å²) in [5, 5.41) is 0. The number of rotatable bonds is 2. The Bertz CT molecular complexity index is 721. The van der Waals surface area contributed by atoms with E-state index in [0.717, 1.165) is 41.8 Å². The highest BCUT2D eigenvalue weighted by atomic mass is 79.9. The van der Waals surface area contributed by atoms with Gasteiger partial charge in [0.1, 0.15) is 0 Å². The molecule has 0 radical (unpaired) electrons. The Morgan fingerprint density at radius 2 is 1.65 bits per heavy atom. The number of para-hydroxylation sites is 1. The molecule has 23 heavy (non-hydrogen) atoms. The first kappa shape index (κ1) is 16.1. The van der Waals surface area contributed by atoms with Crippen molar-refractivity contribution >= 4 is 27.5 Å². The Balaban J connectivity index is 1.69. The van der Waals surface area contributed by atoms with Crippen molar-refractivity contribution < 1.29 is 4.79 Å². The van der Waals surface area contributed by atoms with Crippen molar-refractivity contribution in [2.24, 2.45) is 0 Å². The van der Waals surface area contributed by atoms with Crippen molar-refractivity contribution in [3.63, 3.8) is 0 Å². The lowest BCUT2D eigenvalue weighted by Gasteiger charge is -2.37. The van der Waals surface area contributed by atoms with Gasteiger partial charge >= 0.3 is 0 Å². The number of carbonyl (C=O) groups is 1. The third-order valence-electron chi connectivity index (χ3n) is 4.44. The van der Waals surface area contributed by atoms with Crippen molar-refractivity contribution in [2.45, 2.75) is 13.8 Å². The van der Waals surface area contributed by atoms with Crippen LogP contribution in [0.15, 0.2) is 46.9 Å². The van der Waals surface area contributed by atoms with Crippen LogP contribution in [0.3, 0.4) is 0 Å². The largest absolute Gasteiger partial charge is 0.368 e. The molecule has 1 fully saturated rings. The zero-order valence-corrected chi connectivity index (χ0v) is 15.1. The molecule has 0 atom stereocenters. The standard InChI is InChI=1S/C19H21BrN2O/c1-14-5-3-4-6-18(14)21-9-11-22(12-10-21)19(23)17-8-7-16(20)13-15(17)2/h3-8,13H,9-12H2,1-2H3. The van der Waals surface area contributed by atoms with Crippen LogP contribution in [0.1, 0.15) is 21.5 Å². The fourth-order valence-electron chi connectivity index (χ4n) is 3.11. The zero-order chi connectivity index (χ0) is 16.4.